The van der Waals surface area contributed by atoms with E-state index in [0.717, 1.165) is 0 Å². The van der Waals surface area contributed by atoms with Gasteiger partial charge in [-0.25, -0.2) is 9.59 Å². The second-order valence-electron chi connectivity index (χ2n) is 5.50. The molecule has 1 fully saturated rings. The number of rotatable bonds is 3. The summed E-state index contributed by atoms with van der Waals surface area (Å²) in [4.78, 5) is 24.6. The van der Waals surface area contributed by atoms with Crippen molar-refractivity contribution >= 4 is 12.1 Å². The Bertz CT molecular complexity index is 345. The second-order valence-corrected chi connectivity index (χ2v) is 5.50. The first-order chi connectivity index (χ1) is 8.26. The van der Waals surface area contributed by atoms with E-state index in [2.05, 4.69) is 6.58 Å². The summed E-state index contributed by atoms with van der Waals surface area (Å²) in [6.07, 6.45) is 2.86. The molecule has 5 heteroatoms. The molecular weight excluding hydrogens is 234 g/mol. The van der Waals surface area contributed by atoms with Gasteiger partial charge in [0.1, 0.15) is 11.6 Å². The summed E-state index contributed by atoms with van der Waals surface area (Å²) in [6, 6.07) is -0.914. The number of carboxylic acids is 1. The monoisotopic (exact) mass is 255 g/mol. The minimum absolute atomic E-state index is 0.126. The molecular formula is C13H21NO4. The number of nitrogens with zero attached hydrogens (tertiary/aromatic N) is 1. The molecule has 2 atom stereocenters. The van der Waals surface area contributed by atoms with E-state index in [1.807, 2.05) is 0 Å². The van der Waals surface area contributed by atoms with Crippen molar-refractivity contribution in [2.75, 3.05) is 0 Å². The lowest BCUT2D eigenvalue weighted by Crippen LogP contribution is -2.47. The molecule has 0 radical (unpaired) electrons. The Balaban J connectivity index is 2.85. The van der Waals surface area contributed by atoms with Crippen LogP contribution in [0.15, 0.2) is 12.7 Å². The molecule has 5 nitrogen and oxygen atoms in total. The molecule has 1 aliphatic rings. The molecule has 0 aliphatic carbocycles. The molecule has 0 saturated carbocycles. The third-order valence-electron chi connectivity index (χ3n) is 2.83. The molecule has 0 aromatic rings. The molecule has 1 aliphatic heterocycles. The smallest absolute Gasteiger partial charge is 0.411 e. The molecule has 1 saturated heterocycles. The molecule has 0 unspecified atom stereocenters. The van der Waals surface area contributed by atoms with Gasteiger partial charge in [-0.05, 0) is 40.0 Å². The largest absolute Gasteiger partial charge is 0.480 e. The van der Waals surface area contributed by atoms with Gasteiger partial charge in [0, 0.05) is 6.04 Å². The maximum Gasteiger partial charge on any atom is 0.411 e. The fraction of sp³-hybridized carbons (Fsp3) is 0.692. The Morgan fingerprint density at radius 1 is 1.44 bits per heavy atom. The van der Waals surface area contributed by atoms with Gasteiger partial charge < -0.3 is 9.84 Å². The highest BCUT2D eigenvalue weighted by atomic mass is 16.6. The minimum Gasteiger partial charge on any atom is -0.480 e. The Labute approximate surface area is 107 Å². The Morgan fingerprint density at radius 3 is 2.50 bits per heavy atom. The van der Waals surface area contributed by atoms with E-state index in [1.165, 1.54) is 4.90 Å². The van der Waals surface area contributed by atoms with Crippen LogP contribution in [0.2, 0.25) is 0 Å². The predicted octanol–water partition coefficient (Wildman–Crippen LogP) is 2.42. The first-order valence-electron chi connectivity index (χ1n) is 6.11. The van der Waals surface area contributed by atoms with E-state index in [-0.39, 0.29) is 6.04 Å². The molecule has 102 valence electrons. The van der Waals surface area contributed by atoms with Gasteiger partial charge in [0.25, 0.3) is 0 Å². The van der Waals surface area contributed by atoms with Gasteiger partial charge in [-0.15, -0.1) is 6.58 Å². The lowest BCUT2D eigenvalue weighted by atomic mass is 10.1. The lowest BCUT2D eigenvalue weighted by Gasteiger charge is -2.30. The van der Waals surface area contributed by atoms with Gasteiger partial charge in [-0.3, -0.25) is 4.90 Å². The van der Waals surface area contributed by atoms with Crippen molar-refractivity contribution in [2.45, 2.75) is 57.7 Å². The summed E-state index contributed by atoms with van der Waals surface area (Å²) in [5, 5.41) is 9.14. The molecule has 0 spiro atoms. The van der Waals surface area contributed by atoms with E-state index in [4.69, 9.17) is 9.84 Å². The maximum absolute atomic E-state index is 12.1. The number of carbonyl (C=O) groups is 2. The third-order valence-corrected chi connectivity index (χ3v) is 2.83. The number of amides is 1. The summed E-state index contributed by atoms with van der Waals surface area (Å²) in [6.45, 7) is 8.93. The van der Waals surface area contributed by atoms with Crippen molar-refractivity contribution in [2.24, 2.45) is 0 Å². The fourth-order valence-electron chi connectivity index (χ4n) is 2.14. The topological polar surface area (TPSA) is 66.8 Å². The van der Waals surface area contributed by atoms with Crippen LogP contribution in [0, 0.1) is 0 Å². The second kappa shape index (κ2) is 5.42. The van der Waals surface area contributed by atoms with Crippen molar-refractivity contribution < 1.29 is 19.4 Å². The van der Waals surface area contributed by atoms with Crippen LogP contribution in [0.4, 0.5) is 4.79 Å². The zero-order valence-electron chi connectivity index (χ0n) is 11.2. The standard InChI is InChI=1S/C13H21NO4/c1-5-6-9-7-8-10(11(15)16)14(9)12(17)18-13(2,3)4/h5,9-10H,1,6-8H2,2-4H3,(H,15,16)/t9-,10+/m1/s1. The van der Waals surface area contributed by atoms with Gasteiger partial charge in [0.2, 0.25) is 0 Å². The zero-order chi connectivity index (χ0) is 13.9. The van der Waals surface area contributed by atoms with Crippen molar-refractivity contribution in [3.05, 3.63) is 12.7 Å². The van der Waals surface area contributed by atoms with Crippen LogP contribution in [0.5, 0.6) is 0 Å². The minimum atomic E-state index is -0.979. The SMILES string of the molecule is C=CC[C@@H]1CC[C@@H](C(=O)O)N1C(=O)OC(C)(C)C. The number of aliphatic carboxylic acids is 1. The highest BCUT2D eigenvalue weighted by Crippen LogP contribution is 2.28. The molecule has 0 bridgehead atoms. The highest BCUT2D eigenvalue weighted by Gasteiger charge is 2.42. The van der Waals surface area contributed by atoms with Crippen molar-refractivity contribution in [1.82, 2.24) is 4.90 Å². The van der Waals surface area contributed by atoms with Crippen LogP contribution in [-0.2, 0) is 9.53 Å². The third kappa shape index (κ3) is 3.48. The number of hydrogen-bond donors (Lipinski definition) is 1. The van der Waals surface area contributed by atoms with E-state index in [9.17, 15) is 9.59 Å². The van der Waals surface area contributed by atoms with Gasteiger partial charge in [0.15, 0.2) is 0 Å². The molecule has 1 amide bonds. The summed E-state index contributed by atoms with van der Waals surface area (Å²) in [5.41, 5.74) is -0.624. The summed E-state index contributed by atoms with van der Waals surface area (Å²) >= 11 is 0. The molecule has 1 heterocycles. The summed E-state index contributed by atoms with van der Waals surface area (Å²) in [7, 11) is 0. The highest BCUT2D eigenvalue weighted by molar-refractivity contribution is 5.81. The average molecular weight is 255 g/mol. The quantitative estimate of drug-likeness (QED) is 0.786. The van der Waals surface area contributed by atoms with Crippen LogP contribution in [0.1, 0.15) is 40.0 Å². The van der Waals surface area contributed by atoms with Crippen LogP contribution < -0.4 is 0 Å². The van der Waals surface area contributed by atoms with Crippen molar-refractivity contribution in [1.29, 1.82) is 0 Å². The first-order valence-corrected chi connectivity index (χ1v) is 6.11. The lowest BCUT2D eigenvalue weighted by molar-refractivity contribution is -0.142. The fourth-order valence-corrected chi connectivity index (χ4v) is 2.14. The van der Waals surface area contributed by atoms with Crippen LogP contribution in [-0.4, -0.2) is 39.8 Å². The van der Waals surface area contributed by atoms with Gasteiger partial charge in [0.05, 0.1) is 0 Å². The van der Waals surface area contributed by atoms with E-state index in [0.29, 0.717) is 19.3 Å². The number of ether oxygens (including phenoxy) is 1. The van der Waals surface area contributed by atoms with Crippen molar-refractivity contribution in [3.63, 3.8) is 0 Å². The Hall–Kier alpha value is -1.52. The van der Waals surface area contributed by atoms with Gasteiger partial charge in [-0.2, -0.15) is 0 Å². The predicted molar refractivity (Wildman–Crippen MR) is 67.3 cm³/mol. The maximum atomic E-state index is 12.1. The van der Waals surface area contributed by atoms with Crippen molar-refractivity contribution in [3.8, 4) is 0 Å². The summed E-state index contributed by atoms with van der Waals surface area (Å²) in [5.74, 6) is -0.979. The molecule has 1 rings (SSSR count). The number of hydrogen-bond acceptors (Lipinski definition) is 3. The normalized spacial score (nSPS) is 23.8. The molecule has 1 N–H and O–H groups in total. The Morgan fingerprint density at radius 2 is 2.06 bits per heavy atom. The number of likely N-dealkylation sites (tertiary alicyclic amines) is 1. The molecule has 0 aromatic carbocycles. The first kappa shape index (κ1) is 14.5. The van der Waals surface area contributed by atoms with E-state index < -0.39 is 23.7 Å². The summed E-state index contributed by atoms with van der Waals surface area (Å²) < 4.78 is 5.27. The molecule has 0 aromatic heterocycles. The van der Waals surface area contributed by atoms with Gasteiger partial charge >= 0.3 is 12.1 Å². The molecule has 18 heavy (non-hydrogen) atoms. The average Bonchev–Trinajstić information content (AvgIpc) is 2.59. The number of carbonyl (C=O) groups excluding carboxylic acids is 1. The Kier molecular flexibility index (Phi) is 4.38. The zero-order valence-corrected chi connectivity index (χ0v) is 11.2. The van der Waals surface area contributed by atoms with E-state index in [1.54, 1.807) is 26.8 Å². The number of carboxylic acid groups (broad SMARTS) is 1. The van der Waals surface area contributed by atoms with Crippen LogP contribution in [0.25, 0.3) is 0 Å². The van der Waals surface area contributed by atoms with Gasteiger partial charge in [-0.1, -0.05) is 6.08 Å². The van der Waals surface area contributed by atoms with Crippen LogP contribution >= 0.6 is 0 Å². The van der Waals surface area contributed by atoms with E-state index >= 15 is 0 Å². The van der Waals surface area contributed by atoms with Crippen LogP contribution in [0.3, 0.4) is 0 Å².